The molecule has 1 heterocycles. The van der Waals surface area contributed by atoms with Crippen molar-refractivity contribution in [1.82, 2.24) is 4.90 Å². The summed E-state index contributed by atoms with van der Waals surface area (Å²) in [5.74, 6) is -0.253. The molecule has 1 fully saturated rings. The minimum absolute atomic E-state index is 0.142. The number of benzene rings is 2. The molecule has 0 aliphatic carbocycles. The summed E-state index contributed by atoms with van der Waals surface area (Å²) in [6, 6.07) is 19.4. The molecule has 1 aliphatic rings. The first-order valence-electron chi connectivity index (χ1n) is 10.0. The number of carbonyl (C=O) groups is 2. The Bertz CT molecular complexity index is 756. The Balaban J connectivity index is 1.50. The van der Waals surface area contributed by atoms with Gasteiger partial charge in [0.2, 0.25) is 5.91 Å². The molecule has 2 aromatic carbocycles. The van der Waals surface area contributed by atoms with Crippen molar-refractivity contribution < 1.29 is 14.3 Å². The van der Waals surface area contributed by atoms with Gasteiger partial charge in [-0.05, 0) is 37.0 Å². The average molecular weight is 380 g/mol. The number of nitrogens with zero attached hydrogens (tertiary/aromatic N) is 2. The van der Waals surface area contributed by atoms with Gasteiger partial charge in [0.1, 0.15) is 6.10 Å². The van der Waals surface area contributed by atoms with Gasteiger partial charge in [0, 0.05) is 26.1 Å². The molecule has 0 N–H and O–H groups in total. The van der Waals surface area contributed by atoms with Gasteiger partial charge in [0.05, 0.1) is 5.69 Å². The van der Waals surface area contributed by atoms with E-state index in [2.05, 4.69) is 29.2 Å². The van der Waals surface area contributed by atoms with Crippen LogP contribution in [-0.4, -0.2) is 42.6 Å². The van der Waals surface area contributed by atoms with Gasteiger partial charge in [0.15, 0.2) is 0 Å². The summed E-state index contributed by atoms with van der Waals surface area (Å²) >= 11 is 0. The van der Waals surface area contributed by atoms with Crippen LogP contribution in [0.2, 0.25) is 0 Å². The number of rotatable bonds is 6. The number of amides is 2. The van der Waals surface area contributed by atoms with E-state index < -0.39 is 6.09 Å². The zero-order valence-corrected chi connectivity index (χ0v) is 16.4. The number of piperidine rings is 1. The lowest BCUT2D eigenvalue weighted by Crippen LogP contribution is -2.43. The van der Waals surface area contributed by atoms with Gasteiger partial charge in [-0.15, -0.1) is 0 Å². The van der Waals surface area contributed by atoms with Crippen LogP contribution in [0.4, 0.5) is 10.5 Å². The molecule has 28 heavy (non-hydrogen) atoms. The first-order valence-corrected chi connectivity index (χ1v) is 10.0. The maximum Gasteiger partial charge on any atom is 0.421 e. The van der Waals surface area contributed by atoms with Crippen molar-refractivity contribution in [3.63, 3.8) is 0 Å². The molecule has 2 amide bonds. The molecule has 0 bridgehead atoms. The van der Waals surface area contributed by atoms with Crippen LogP contribution in [0.5, 0.6) is 0 Å². The van der Waals surface area contributed by atoms with E-state index in [9.17, 15) is 9.59 Å². The second kappa shape index (κ2) is 10.0. The van der Waals surface area contributed by atoms with Crippen LogP contribution in [-0.2, 0) is 16.0 Å². The van der Waals surface area contributed by atoms with E-state index in [4.69, 9.17) is 4.74 Å². The smallest absolute Gasteiger partial charge is 0.421 e. The molecular formula is C23H28N2O3. The monoisotopic (exact) mass is 380 g/mol. The number of para-hydroxylation sites is 1. The molecule has 0 aromatic heterocycles. The van der Waals surface area contributed by atoms with Crippen molar-refractivity contribution in [2.75, 3.05) is 24.5 Å². The predicted molar refractivity (Wildman–Crippen MR) is 110 cm³/mol. The summed E-state index contributed by atoms with van der Waals surface area (Å²) in [4.78, 5) is 28.5. The molecule has 3 rings (SSSR count). The first kappa shape index (κ1) is 20.1. The number of likely N-dealkylation sites (tertiary alicyclic amines) is 1. The zero-order chi connectivity index (χ0) is 19.8. The fourth-order valence-corrected chi connectivity index (χ4v) is 3.46. The van der Waals surface area contributed by atoms with E-state index in [0.29, 0.717) is 5.69 Å². The van der Waals surface area contributed by atoms with Gasteiger partial charge >= 0.3 is 6.09 Å². The third-order valence-electron chi connectivity index (χ3n) is 5.11. The molecule has 2 aromatic rings. The first-order chi connectivity index (χ1) is 13.7. The van der Waals surface area contributed by atoms with Crippen molar-refractivity contribution >= 4 is 17.7 Å². The summed E-state index contributed by atoms with van der Waals surface area (Å²) in [7, 11) is 0. The molecule has 5 heteroatoms. The van der Waals surface area contributed by atoms with Crippen molar-refractivity contribution in [3.8, 4) is 0 Å². The molecule has 1 saturated heterocycles. The van der Waals surface area contributed by atoms with Gasteiger partial charge < -0.3 is 9.64 Å². The van der Waals surface area contributed by atoms with E-state index in [1.165, 1.54) is 5.56 Å². The normalized spacial score (nSPS) is 15.2. The third-order valence-corrected chi connectivity index (χ3v) is 5.11. The van der Waals surface area contributed by atoms with E-state index in [-0.39, 0.29) is 18.4 Å². The molecule has 148 valence electrons. The van der Waals surface area contributed by atoms with Crippen molar-refractivity contribution in [2.24, 2.45) is 0 Å². The molecule has 0 unspecified atom stereocenters. The lowest BCUT2D eigenvalue weighted by atomic mass is 10.1. The van der Waals surface area contributed by atoms with Crippen LogP contribution in [0.15, 0.2) is 60.7 Å². The van der Waals surface area contributed by atoms with E-state index in [1.54, 1.807) is 19.1 Å². The lowest BCUT2D eigenvalue weighted by molar-refractivity contribution is -0.118. The number of anilines is 1. The summed E-state index contributed by atoms with van der Waals surface area (Å²) in [5.41, 5.74) is 1.90. The maximum absolute atomic E-state index is 12.7. The van der Waals surface area contributed by atoms with E-state index in [0.717, 1.165) is 43.8 Å². The van der Waals surface area contributed by atoms with Gasteiger partial charge in [0.25, 0.3) is 0 Å². The maximum atomic E-state index is 12.7. The highest BCUT2D eigenvalue weighted by molar-refractivity contribution is 6.12. The molecule has 0 atom stereocenters. The van der Waals surface area contributed by atoms with Gasteiger partial charge in [-0.1, -0.05) is 55.5 Å². The summed E-state index contributed by atoms with van der Waals surface area (Å²) in [6.07, 6.45) is 2.16. The largest absolute Gasteiger partial charge is 0.445 e. The number of ether oxygens (including phenoxy) is 1. The zero-order valence-electron chi connectivity index (χ0n) is 16.4. The van der Waals surface area contributed by atoms with Gasteiger partial charge in [-0.25, -0.2) is 9.69 Å². The Labute approximate surface area is 166 Å². The highest BCUT2D eigenvalue weighted by atomic mass is 16.6. The van der Waals surface area contributed by atoms with Crippen LogP contribution in [0, 0.1) is 0 Å². The van der Waals surface area contributed by atoms with Crippen LogP contribution in [0.3, 0.4) is 0 Å². The Morgan fingerprint density at radius 2 is 1.61 bits per heavy atom. The fourth-order valence-electron chi connectivity index (χ4n) is 3.46. The van der Waals surface area contributed by atoms with Gasteiger partial charge in [-0.3, -0.25) is 4.79 Å². The van der Waals surface area contributed by atoms with Crippen molar-refractivity contribution in [2.45, 2.75) is 38.7 Å². The van der Waals surface area contributed by atoms with E-state index >= 15 is 0 Å². The second-order valence-electron chi connectivity index (χ2n) is 7.08. The van der Waals surface area contributed by atoms with Crippen LogP contribution >= 0.6 is 0 Å². The molecule has 0 radical (unpaired) electrons. The lowest BCUT2D eigenvalue weighted by Gasteiger charge is -2.32. The Hall–Kier alpha value is -2.66. The highest BCUT2D eigenvalue weighted by Gasteiger charge is 2.28. The van der Waals surface area contributed by atoms with Crippen LogP contribution in [0.1, 0.15) is 31.7 Å². The molecule has 0 spiro atoms. The molecular weight excluding hydrogens is 352 g/mol. The average Bonchev–Trinajstić information content (AvgIpc) is 2.75. The topological polar surface area (TPSA) is 49.9 Å². The van der Waals surface area contributed by atoms with Crippen LogP contribution in [0.25, 0.3) is 0 Å². The number of hydrogen-bond donors (Lipinski definition) is 0. The summed E-state index contributed by atoms with van der Waals surface area (Å²) < 4.78 is 5.68. The predicted octanol–water partition coefficient (Wildman–Crippen LogP) is 4.27. The number of hydrogen-bond acceptors (Lipinski definition) is 4. The highest BCUT2D eigenvalue weighted by Crippen LogP contribution is 2.20. The third kappa shape index (κ3) is 5.42. The van der Waals surface area contributed by atoms with E-state index in [1.807, 2.05) is 24.3 Å². The second-order valence-corrected chi connectivity index (χ2v) is 7.08. The standard InChI is InChI=1S/C23H28N2O3/c1-2-22(26)25(20-11-7-4-8-12-20)23(27)28-21-14-17-24(18-15-21)16-13-19-9-5-3-6-10-19/h3-12,21H,2,13-18H2,1H3. The Kier molecular flexibility index (Phi) is 7.20. The van der Waals surface area contributed by atoms with Crippen molar-refractivity contribution in [1.29, 1.82) is 0 Å². The Morgan fingerprint density at radius 1 is 1.00 bits per heavy atom. The van der Waals surface area contributed by atoms with Gasteiger partial charge in [-0.2, -0.15) is 0 Å². The van der Waals surface area contributed by atoms with Crippen molar-refractivity contribution in [3.05, 3.63) is 66.2 Å². The minimum atomic E-state index is -0.569. The fraction of sp³-hybridized carbons (Fsp3) is 0.391. The number of carbonyl (C=O) groups excluding carboxylic acids is 2. The quantitative estimate of drug-likeness (QED) is 0.751. The molecule has 0 saturated carbocycles. The molecule has 5 nitrogen and oxygen atoms in total. The summed E-state index contributed by atoms with van der Waals surface area (Å²) in [5, 5.41) is 0. The number of imide groups is 1. The summed E-state index contributed by atoms with van der Waals surface area (Å²) in [6.45, 7) is 4.56. The SMILES string of the molecule is CCC(=O)N(C(=O)OC1CCN(CCc2ccccc2)CC1)c1ccccc1. The Morgan fingerprint density at radius 3 is 2.21 bits per heavy atom. The van der Waals surface area contributed by atoms with Crippen LogP contribution < -0.4 is 4.90 Å². The molecule has 1 aliphatic heterocycles. The minimum Gasteiger partial charge on any atom is -0.445 e.